The summed E-state index contributed by atoms with van der Waals surface area (Å²) >= 11 is 0. The summed E-state index contributed by atoms with van der Waals surface area (Å²) in [5, 5.41) is 0. The molecule has 0 saturated heterocycles. The van der Waals surface area contributed by atoms with Crippen LogP contribution in [-0.2, 0) is 9.53 Å². The molecular weight excluding hydrogens is 204 g/mol. The van der Waals surface area contributed by atoms with Gasteiger partial charge >= 0.3 is 5.97 Å². The second kappa shape index (κ2) is 3.81. The first kappa shape index (κ1) is 10.4. The monoisotopic (exact) mass is 216 g/mol. The maximum absolute atomic E-state index is 11.3. The van der Waals surface area contributed by atoms with Crippen molar-refractivity contribution in [1.29, 1.82) is 0 Å². The van der Waals surface area contributed by atoms with E-state index in [-0.39, 0.29) is 0 Å². The van der Waals surface area contributed by atoms with Crippen molar-refractivity contribution in [3.8, 4) is 0 Å². The number of imidazole rings is 1. The molecule has 0 fully saturated rings. The molecule has 0 bridgehead atoms. The lowest BCUT2D eigenvalue weighted by molar-refractivity contribution is -0.133. The van der Waals surface area contributed by atoms with E-state index in [9.17, 15) is 4.79 Å². The molecule has 4 nitrogen and oxygen atoms in total. The maximum atomic E-state index is 11.3. The van der Waals surface area contributed by atoms with E-state index in [2.05, 4.69) is 21.3 Å². The minimum Gasteiger partial charge on any atom is -0.465 e. The van der Waals surface area contributed by atoms with Crippen LogP contribution in [0.3, 0.4) is 0 Å². The maximum Gasteiger partial charge on any atom is 0.337 e. The average Bonchev–Trinajstić information content (AvgIpc) is 2.65. The normalized spacial score (nSPS) is 10.4. The van der Waals surface area contributed by atoms with Crippen LogP contribution in [0.5, 0.6) is 0 Å². The second-order valence-electron chi connectivity index (χ2n) is 3.52. The summed E-state index contributed by atoms with van der Waals surface area (Å²) in [6, 6.07) is 5.50. The van der Waals surface area contributed by atoms with Gasteiger partial charge < -0.3 is 9.72 Å². The van der Waals surface area contributed by atoms with E-state index in [0.29, 0.717) is 5.57 Å². The van der Waals surface area contributed by atoms with Crippen molar-refractivity contribution in [2.75, 3.05) is 7.11 Å². The zero-order chi connectivity index (χ0) is 11.7. The standard InChI is InChI=1S/C12H12N2O2/c1-7(12(15)16-3)9-4-5-10-11(6-9)14-8(2)13-10/h4-6H,1H2,2-3H3,(H,13,14). The van der Waals surface area contributed by atoms with Gasteiger partial charge in [0.2, 0.25) is 0 Å². The van der Waals surface area contributed by atoms with Crippen molar-refractivity contribution >= 4 is 22.6 Å². The number of ether oxygens (including phenoxy) is 1. The number of benzene rings is 1. The van der Waals surface area contributed by atoms with Crippen LogP contribution in [0.2, 0.25) is 0 Å². The molecule has 16 heavy (non-hydrogen) atoms. The van der Waals surface area contributed by atoms with Crippen molar-refractivity contribution in [2.24, 2.45) is 0 Å². The van der Waals surface area contributed by atoms with Crippen LogP contribution in [0.25, 0.3) is 16.6 Å². The Balaban J connectivity index is 2.46. The molecule has 1 aromatic heterocycles. The van der Waals surface area contributed by atoms with Crippen LogP contribution in [-0.4, -0.2) is 23.0 Å². The van der Waals surface area contributed by atoms with E-state index in [0.717, 1.165) is 22.4 Å². The van der Waals surface area contributed by atoms with Crippen LogP contribution in [0, 0.1) is 6.92 Å². The molecule has 1 heterocycles. The highest BCUT2D eigenvalue weighted by Gasteiger charge is 2.10. The highest BCUT2D eigenvalue weighted by atomic mass is 16.5. The van der Waals surface area contributed by atoms with Crippen molar-refractivity contribution < 1.29 is 9.53 Å². The number of carbonyl (C=O) groups is 1. The minimum atomic E-state index is -0.421. The third-order valence-corrected chi connectivity index (χ3v) is 2.38. The number of nitrogens with zero attached hydrogens (tertiary/aromatic N) is 1. The minimum absolute atomic E-state index is 0.344. The fourth-order valence-corrected chi connectivity index (χ4v) is 1.57. The summed E-state index contributed by atoms with van der Waals surface area (Å²) in [6.45, 7) is 5.58. The van der Waals surface area contributed by atoms with Crippen LogP contribution < -0.4 is 0 Å². The zero-order valence-corrected chi connectivity index (χ0v) is 9.20. The van der Waals surface area contributed by atoms with E-state index in [1.54, 1.807) is 0 Å². The van der Waals surface area contributed by atoms with E-state index in [1.807, 2.05) is 25.1 Å². The number of aromatic amines is 1. The third kappa shape index (κ3) is 1.69. The van der Waals surface area contributed by atoms with Gasteiger partial charge in [0.1, 0.15) is 5.82 Å². The molecule has 0 radical (unpaired) electrons. The van der Waals surface area contributed by atoms with Gasteiger partial charge in [-0.3, -0.25) is 0 Å². The van der Waals surface area contributed by atoms with Gasteiger partial charge in [-0.1, -0.05) is 12.6 Å². The predicted molar refractivity (Wildman–Crippen MR) is 61.9 cm³/mol. The molecule has 0 atom stereocenters. The molecule has 0 spiro atoms. The lowest BCUT2D eigenvalue weighted by Gasteiger charge is -2.02. The number of fused-ring (bicyclic) bond motifs is 1. The number of methoxy groups -OCH3 is 1. The summed E-state index contributed by atoms with van der Waals surface area (Å²) in [4.78, 5) is 18.7. The van der Waals surface area contributed by atoms with E-state index < -0.39 is 5.97 Å². The topological polar surface area (TPSA) is 55.0 Å². The first-order valence-corrected chi connectivity index (χ1v) is 4.86. The fourth-order valence-electron chi connectivity index (χ4n) is 1.57. The molecule has 0 aliphatic heterocycles. The summed E-state index contributed by atoms with van der Waals surface area (Å²) in [5.74, 6) is 0.423. The third-order valence-electron chi connectivity index (χ3n) is 2.38. The van der Waals surface area contributed by atoms with Gasteiger partial charge in [-0.25, -0.2) is 9.78 Å². The van der Waals surface area contributed by atoms with Crippen molar-refractivity contribution in [3.05, 3.63) is 36.2 Å². The second-order valence-corrected chi connectivity index (χ2v) is 3.52. The molecule has 0 aliphatic carbocycles. The number of hydrogen-bond donors (Lipinski definition) is 1. The van der Waals surface area contributed by atoms with E-state index in [1.165, 1.54) is 7.11 Å². The summed E-state index contributed by atoms with van der Waals surface area (Å²) < 4.78 is 4.62. The predicted octanol–water partition coefficient (Wildman–Crippen LogP) is 2.06. The Morgan fingerprint density at radius 2 is 2.25 bits per heavy atom. The lowest BCUT2D eigenvalue weighted by Crippen LogP contribution is -2.02. The summed E-state index contributed by atoms with van der Waals surface area (Å²) in [6.07, 6.45) is 0. The number of aryl methyl sites for hydroxylation is 1. The van der Waals surface area contributed by atoms with Crippen LogP contribution in [0.4, 0.5) is 0 Å². The molecular formula is C12H12N2O2. The molecule has 2 rings (SSSR count). The molecule has 0 unspecified atom stereocenters. The molecule has 0 aliphatic rings. The number of carbonyl (C=O) groups excluding carboxylic acids is 1. The quantitative estimate of drug-likeness (QED) is 0.617. The first-order chi connectivity index (χ1) is 7.61. The van der Waals surface area contributed by atoms with Crippen LogP contribution in [0.15, 0.2) is 24.8 Å². The first-order valence-electron chi connectivity index (χ1n) is 4.86. The number of H-pyrrole nitrogens is 1. The lowest BCUT2D eigenvalue weighted by atomic mass is 10.1. The van der Waals surface area contributed by atoms with E-state index >= 15 is 0 Å². The number of esters is 1. The molecule has 2 aromatic rings. The Morgan fingerprint density at radius 1 is 1.50 bits per heavy atom. The zero-order valence-electron chi connectivity index (χ0n) is 9.20. The van der Waals surface area contributed by atoms with Gasteiger partial charge in [0.15, 0.2) is 0 Å². The van der Waals surface area contributed by atoms with Gasteiger partial charge in [-0.05, 0) is 24.6 Å². The van der Waals surface area contributed by atoms with Crippen molar-refractivity contribution in [2.45, 2.75) is 6.92 Å². The summed E-state index contributed by atoms with van der Waals surface area (Å²) in [7, 11) is 1.34. The Morgan fingerprint density at radius 3 is 2.94 bits per heavy atom. The Labute approximate surface area is 93.0 Å². The molecule has 4 heteroatoms. The number of hydrogen-bond acceptors (Lipinski definition) is 3. The average molecular weight is 216 g/mol. The Kier molecular flexibility index (Phi) is 2.48. The van der Waals surface area contributed by atoms with Crippen molar-refractivity contribution in [3.63, 3.8) is 0 Å². The largest absolute Gasteiger partial charge is 0.465 e. The molecule has 0 amide bonds. The van der Waals surface area contributed by atoms with Gasteiger partial charge in [-0.15, -0.1) is 0 Å². The molecule has 82 valence electrons. The van der Waals surface area contributed by atoms with Gasteiger partial charge in [0.05, 0.1) is 23.7 Å². The highest BCUT2D eigenvalue weighted by molar-refractivity contribution is 6.16. The number of aromatic nitrogens is 2. The van der Waals surface area contributed by atoms with Crippen LogP contribution in [0.1, 0.15) is 11.4 Å². The smallest absolute Gasteiger partial charge is 0.337 e. The van der Waals surface area contributed by atoms with Gasteiger partial charge in [0, 0.05) is 0 Å². The van der Waals surface area contributed by atoms with E-state index in [4.69, 9.17) is 0 Å². The van der Waals surface area contributed by atoms with Gasteiger partial charge in [-0.2, -0.15) is 0 Å². The Bertz CT molecular complexity index is 569. The van der Waals surface area contributed by atoms with Crippen LogP contribution >= 0.6 is 0 Å². The SMILES string of the molecule is C=C(C(=O)OC)c1ccc2nc(C)[nH]c2c1. The summed E-state index contributed by atoms with van der Waals surface area (Å²) in [5.41, 5.74) is 2.85. The number of rotatable bonds is 2. The highest BCUT2D eigenvalue weighted by Crippen LogP contribution is 2.19. The number of nitrogens with one attached hydrogen (secondary N) is 1. The molecule has 1 aromatic carbocycles. The van der Waals surface area contributed by atoms with Crippen molar-refractivity contribution in [1.82, 2.24) is 9.97 Å². The Hall–Kier alpha value is -2.10. The fraction of sp³-hybridized carbons (Fsp3) is 0.167. The molecule has 0 saturated carbocycles. The molecule has 1 N–H and O–H groups in total. The van der Waals surface area contributed by atoms with Gasteiger partial charge in [0.25, 0.3) is 0 Å².